The molecule has 0 atom stereocenters. The Kier molecular flexibility index (Phi) is 3.44. The Morgan fingerprint density at radius 3 is 2.65 bits per heavy atom. The second-order valence-corrected chi connectivity index (χ2v) is 7.65. The Balaban J connectivity index is 1.85. The van der Waals surface area contributed by atoms with Gasteiger partial charge in [0.1, 0.15) is 0 Å². The van der Waals surface area contributed by atoms with Crippen LogP contribution < -0.4 is 10.6 Å². The van der Waals surface area contributed by atoms with Gasteiger partial charge in [-0.05, 0) is 0 Å². The van der Waals surface area contributed by atoms with Crippen LogP contribution in [0.2, 0.25) is 0 Å². The number of nitrogens with zero attached hydrogens (tertiary/aromatic N) is 4. The highest BCUT2D eigenvalue weighted by Gasteiger charge is 2.26. The highest BCUT2D eigenvalue weighted by atomic mass is 32.2. The Morgan fingerprint density at radius 2 is 2.05 bits per heavy atom. The summed E-state index contributed by atoms with van der Waals surface area (Å²) >= 11 is 1.57. The summed E-state index contributed by atoms with van der Waals surface area (Å²) in [5.74, 6) is 0.882. The second-order valence-electron chi connectivity index (χ2n) is 4.79. The molecular formula is C11H17N5O2S2. The van der Waals surface area contributed by atoms with E-state index < -0.39 is 10.0 Å². The van der Waals surface area contributed by atoms with E-state index in [2.05, 4.69) is 9.88 Å². The van der Waals surface area contributed by atoms with Crippen LogP contribution in [0.15, 0.2) is 11.6 Å². The lowest BCUT2D eigenvalue weighted by molar-refractivity contribution is 0.387. The van der Waals surface area contributed by atoms with Gasteiger partial charge in [-0.25, -0.2) is 13.4 Å². The molecule has 0 amide bonds. The first-order chi connectivity index (χ1) is 9.50. The molecule has 0 unspecified atom stereocenters. The molecule has 2 aromatic rings. The van der Waals surface area contributed by atoms with Crippen molar-refractivity contribution in [2.24, 2.45) is 5.73 Å². The van der Waals surface area contributed by atoms with E-state index >= 15 is 0 Å². The van der Waals surface area contributed by atoms with Crippen molar-refractivity contribution in [1.82, 2.24) is 13.7 Å². The van der Waals surface area contributed by atoms with Gasteiger partial charge < -0.3 is 10.6 Å². The molecule has 0 aliphatic carbocycles. The van der Waals surface area contributed by atoms with Gasteiger partial charge in [0.25, 0.3) is 0 Å². The monoisotopic (exact) mass is 315 g/mol. The van der Waals surface area contributed by atoms with E-state index in [4.69, 9.17) is 5.73 Å². The van der Waals surface area contributed by atoms with Crippen LogP contribution in [-0.4, -0.2) is 54.5 Å². The van der Waals surface area contributed by atoms with Crippen LogP contribution in [0, 0.1) is 0 Å². The average molecular weight is 315 g/mol. The molecule has 0 bridgehead atoms. The molecule has 0 radical (unpaired) electrons. The van der Waals surface area contributed by atoms with E-state index in [1.54, 1.807) is 11.3 Å². The number of imidazole rings is 1. The molecule has 1 aliphatic heterocycles. The number of hydrogen-bond acceptors (Lipinski definition) is 6. The molecule has 110 valence electrons. The molecule has 3 rings (SSSR count). The molecule has 0 spiro atoms. The first-order valence-corrected chi connectivity index (χ1v) is 9.08. The summed E-state index contributed by atoms with van der Waals surface area (Å²) in [5.41, 5.74) is 6.82. The van der Waals surface area contributed by atoms with Gasteiger partial charge in [0, 0.05) is 44.3 Å². The number of piperazine rings is 1. The lowest BCUT2D eigenvalue weighted by Gasteiger charge is -2.33. The van der Waals surface area contributed by atoms with Crippen molar-refractivity contribution < 1.29 is 8.42 Å². The van der Waals surface area contributed by atoms with Crippen molar-refractivity contribution in [3.05, 3.63) is 17.3 Å². The molecule has 2 aromatic heterocycles. The summed E-state index contributed by atoms with van der Waals surface area (Å²) in [6.45, 7) is 2.69. The minimum Gasteiger partial charge on any atom is -0.352 e. The zero-order valence-electron chi connectivity index (χ0n) is 11.2. The van der Waals surface area contributed by atoms with E-state index in [0.29, 0.717) is 32.7 Å². The summed E-state index contributed by atoms with van der Waals surface area (Å²) in [6, 6.07) is 0. The number of hydrogen-bond donors (Lipinski definition) is 1. The van der Waals surface area contributed by atoms with Crippen LogP contribution in [0.5, 0.6) is 0 Å². The van der Waals surface area contributed by atoms with E-state index in [0.717, 1.165) is 16.5 Å². The summed E-state index contributed by atoms with van der Waals surface area (Å²) in [4.78, 5) is 7.65. The molecule has 20 heavy (non-hydrogen) atoms. The van der Waals surface area contributed by atoms with Crippen molar-refractivity contribution in [3.63, 3.8) is 0 Å². The molecule has 9 heteroatoms. The molecule has 1 fully saturated rings. The zero-order valence-corrected chi connectivity index (χ0v) is 12.8. The van der Waals surface area contributed by atoms with E-state index in [9.17, 15) is 8.42 Å². The first kappa shape index (κ1) is 13.8. The Hall–Kier alpha value is -1.16. The number of thiazole rings is 1. The molecule has 1 aliphatic rings. The summed E-state index contributed by atoms with van der Waals surface area (Å²) in [5, 5.41) is 1.98. The number of aromatic nitrogens is 2. The molecular weight excluding hydrogens is 298 g/mol. The SMILES string of the molecule is CS(=O)(=O)N1CCN(c2nc3sccn3c2CN)CC1. The standard InChI is InChI=1S/C11H17N5O2S2/c1-20(17,18)15-4-2-14(3-5-15)10-9(8-12)16-6-7-19-11(16)13-10/h6-7H,2-5,8,12H2,1H3. The quantitative estimate of drug-likeness (QED) is 0.857. The number of fused-ring (bicyclic) bond motifs is 1. The van der Waals surface area contributed by atoms with Crippen molar-refractivity contribution >= 4 is 32.1 Å². The fraction of sp³-hybridized carbons (Fsp3) is 0.545. The van der Waals surface area contributed by atoms with Gasteiger partial charge >= 0.3 is 0 Å². The van der Waals surface area contributed by atoms with E-state index in [1.165, 1.54) is 10.6 Å². The number of rotatable bonds is 3. The lowest BCUT2D eigenvalue weighted by atomic mass is 10.3. The van der Waals surface area contributed by atoms with Gasteiger partial charge in [0.2, 0.25) is 10.0 Å². The summed E-state index contributed by atoms with van der Waals surface area (Å²) < 4.78 is 26.5. The second kappa shape index (κ2) is 4.99. The predicted molar refractivity (Wildman–Crippen MR) is 79.6 cm³/mol. The third kappa shape index (κ3) is 2.30. The number of sulfonamides is 1. The third-order valence-corrected chi connectivity index (χ3v) is 5.60. The highest BCUT2D eigenvalue weighted by Crippen LogP contribution is 2.25. The minimum absolute atomic E-state index is 0.416. The van der Waals surface area contributed by atoms with E-state index in [1.807, 2.05) is 16.0 Å². The number of anilines is 1. The highest BCUT2D eigenvalue weighted by molar-refractivity contribution is 7.88. The molecule has 7 nitrogen and oxygen atoms in total. The molecule has 1 saturated heterocycles. The topological polar surface area (TPSA) is 83.9 Å². The summed E-state index contributed by atoms with van der Waals surface area (Å²) in [6.07, 6.45) is 3.21. The van der Waals surface area contributed by atoms with Crippen LogP contribution >= 0.6 is 11.3 Å². The minimum atomic E-state index is -3.10. The maximum Gasteiger partial charge on any atom is 0.211 e. The Bertz CT molecular complexity index is 712. The van der Waals surface area contributed by atoms with Gasteiger partial charge in [-0.2, -0.15) is 4.31 Å². The van der Waals surface area contributed by atoms with Gasteiger partial charge in [-0.15, -0.1) is 11.3 Å². The van der Waals surface area contributed by atoms with Crippen molar-refractivity contribution in [1.29, 1.82) is 0 Å². The van der Waals surface area contributed by atoms with Gasteiger partial charge in [0.05, 0.1) is 11.9 Å². The average Bonchev–Trinajstić information content (AvgIpc) is 2.97. The maximum atomic E-state index is 11.5. The fourth-order valence-corrected chi connectivity index (χ4v) is 4.05. The van der Waals surface area contributed by atoms with Gasteiger partial charge in [-0.1, -0.05) is 0 Å². The van der Waals surface area contributed by atoms with Crippen molar-refractivity contribution in [3.8, 4) is 0 Å². The maximum absolute atomic E-state index is 11.5. The number of nitrogens with two attached hydrogens (primary N) is 1. The third-order valence-electron chi connectivity index (χ3n) is 3.54. The van der Waals surface area contributed by atoms with Crippen LogP contribution in [-0.2, 0) is 16.6 Å². The zero-order chi connectivity index (χ0) is 14.3. The fourth-order valence-electron chi connectivity index (χ4n) is 2.50. The molecule has 3 heterocycles. The van der Waals surface area contributed by atoms with Crippen LogP contribution in [0.4, 0.5) is 5.82 Å². The lowest BCUT2D eigenvalue weighted by Crippen LogP contribution is -2.48. The van der Waals surface area contributed by atoms with Crippen molar-refractivity contribution in [2.45, 2.75) is 6.54 Å². The van der Waals surface area contributed by atoms with Gasteiger partial charge in [-0.3, -0.25) is 4.40 Å². The van der Waals surface area contributed by atoms with Crippen LogP contribution in [0.3, 0.4) is 0 Å². The summed E-state index contributed by atoms with van der Waals surface area (Å²) in [7, 11) is -3.10. The normalized spacial score (nSPS) is 18.0. The first-order valence-electron chi connectivity index (χ1n) is 6.35. The Labute approximate surface area is 121 Å². The van der Waals surface area contributed by atoms with Crippen molar-refractivity contribution in [2.75, 3.05) is 37.3 Å². The van der Waals surface area contributed by atoms with Crippen LogP contribution in [0.25, 0.3) is 4.96 Å². The smallest absolute Gasteiger partial charge is 0.211 e. The van der Waals surface area contributed by atoms with Crippen LogP contribution in [0.1, 0.15) is 5.69 Å². The van der Waals surface area contributed by atoms with E-state index in [-0.39, 0.29) is 0 Å². The Morgan fingerprint density at radius 1 is 1.35 bits per heavy atom. The molecule has 0 aromatic carbocycles. The predicted octanol–water partition coefficient (Wildman–Crippen LogP) is -0.0639. The molecule has 2 N–H and O–H groups in total. The molecule has 0 saturated carbocycles. The van der Waals surface area contributed by atoms with Gasteiger partial charge in [0.15, 0.2) is 10.8 Å². The largest absolute Gasteiger partial charge is 0.352 e.